The van der Waals surface area contributed by atoms with E-state index >= 15 is 0 Å². The first-order valence-corrected chi connectivity index (χ1v) is 12.3. The van der Waals surface area contributed by atoms with Gasteiger partial charge in [0.1, 0.15) is 11.2 Å². The van der Waals surface area contributed by atoms with Crippen molar-refractivity contribution in [1.29, 1.82) is 0 Å². The van der Waals surface area contributed by atoms with Gasteiger partial charge in [-0.05, 0) is 40.1 Å². The molecular formula is C34H21NO. The zero-order valence-electron chi connectivity index (χ0n) is 19.5. The van der Waals surface area contributed by atoms with Crippen LogP contribution in [0.5, 0.6) is 0 Å². The van der Waals surface area contributed by atoms with Crippen molar-refractivity contribution in [2.75, 3.05) is 0 Å². The van der Waals surface area contributed by atoms with E-state index in [1.165, 1.54) is 27.1 Å². The van der Waals surface area contributed by atoms with Gasteiger partial charge in [-0.2, -0.15) is 0 Å². The maximum absolute atomic E-state index is 6.75. The van der Waals surface area contributed by atoms with Crippen molar-refractivity contribution in [3.05, 3.63) is 121 Å². The number of H-pyrrole nitrogens is 1. The number of hydrogen-bond donors (Lipinski definition) is 1. The molecule has 0 amide bonds. The predicted octanol–water partition coefficient (Wildman–Crippen LogP) is 9.71. The molecule has 8 rings (SSSR count). The molecule has 0 aliphatic carbocycles. The molecule has 8 aromatic rings. The molecule has 0 bridgehead atoms. The fourth-order valence-electron chi connectivity index (χ4n) is 5.74. The molecule has 2 aromatic heterocycles. The zero-order chi connectivity index (χ0) is 23.6. The third kappa shape index (κ3) is 2.73. The number of aromatic nitrogens is 1. The number of nitrogens with one attached hydrogen (secondary N) is 1. The Morgan fingerprint density at radius 3 is 1.92 bits per heavy atom. The number of para-hydroxylation sites is 3. The first-order valence-electron chi connectivity index (χ1n) is 12.3. The highest BCUT2D eigenvalue weighted by Gasteiger charge is 2.17. The van der Waals surface area contributed by atoms with Crippen molar-refractivity contribution in [2.45, 2.75) is 0 Å². The summed E-state index contributed by atoms with van der Waals surface area (Å²) in [6, 6.07) is 43.1. The highest BCUT2D eigenvalue weighted by atomic mass is 16.3. The lowest BCUT2D eigenvalue weighted by molar-refractivity contribution is 0.671. The monoisotopic (exact) mass is 459 g/mol. The zero-order valence-corrected chi connectivity index (χ0v) is 19.5. The Kier molecular flexibility index (Phi) is 3.97. The standard InChI is InChI=1S/C34H21NO/c1-2-10-23-21(8-1)9-5-13-25(23)27-14-7-16-29-28-15-6-12-24(33(28)36-34(27)29)22-18-19-32-30(20-22)26-11-3-4-17-31(26)35-32/h1-20,35H. The van der Waals surface area contributed by atoms with Crippen LogP contribution in [-0.4, -0.2) is 4.98 Å². The second kappa shape index (κ2) is 7.34. The lowest BCUT2D eigenvalue weighted by Gasteiger charge is -2.07. The van der Waals surface area contributed by atoms with Crippen LogP contribution >= 0.6 is 0 Å². The smallest absolute Gasteiger partial charge is 0.143 e. The van der Waals surface area contributed by atoms with Gasteiger partial charge in [-0.25, -0.2) is 0 Å². The van der Waals surface area contributed by atoms with Gasteiger partial charge in [0.25, 0.3) is 0 Å². The van der Waals surface area contributed by atoms with Crippen molar-refractivity contribution in [1.82, 2.24) is 4.98 Å². The number of rotatable bonds is 2. The highest BCUT2D eigenvalue weighted by Crippen LogP contribution is 2.42. The molecule has 0 atom stereocenters. The highest BCUT2D eigenvalue weighted by molar-refractivity contribution is 6.15. The van der Waals surface area contributed by atoms with Crippen LogP contribution in [0.1, 0.15) is 0 Å². The molecule has 6 aromatic carbocycles. The van der Waals surface area contributed by atoms with E-state index in [0.29, 0.717) is 0 Å². The number of furan rings is 1. The molecule has 2 heterocycles. The third-order valence-electron chi connectivity index (χ3n) is 7.42. The number of fused-ring (bicyclic) bond motifs is 7. The van der Waals surface area contributed by atoms with E-state index in [2.05, 4.69) is 126 Å². The fourth-order valence-corrected chi connectivity index (χ4v) is 5.74. The van der Waals surface area contributed by atoms with Crippen LogP contribution in [0.15, 0.2) is 126 Å². The molecule has 0 aliphatic heterocycles. The largest absolute Gasteiger partial charge is 0.455 e. The second-order valence-corrected chi connectivity index (χ2v) is 9.42. The summed E-state index contributed by atoms with van der Waals surface area (Å²) in [6.07, 6.45) is 0. The molecule has 0 aliphatic rings. The van der Waals surface area contributed by atoms with Gasteiger partial charge < -0.3 is 9.40 Å². The summed E-state index contributed by atoms with van der Waals surface area (Å²) in [6.45, 7) is 0. The van der Waals surface area contributed by atoms with Crippen LogP contribution in [0, 0.1) is 0 Å². The van der Waals surface area contributed by atoms with Crippen molar-refractivity contribution in [3.63, 3.8) is 0 Å². The van der Waals surface area contributed by atoms with E-state index < -0.39 is 0 Å². The molecule has 0 radical (unpaired) electrons. The number of hydrogen-bond acceptors (Lipinski definition) is 1. The lowest BCUT2D eigenvalue weighted by atomic mass is 9.96. The average Bonchev–Trinajstić information content (AvgIpc) is 3.51. The van der Waals surface area contributed by atoms with Crippen LogP contribution < -0.4 is 0 Å². The van der Waals surface area contributed by atoms with E-state index in [1.807, 2.05) is 0 Å². The van der Waals surface area contributed by atoms with Crippen molar-refractivity contribution in [2.24, 2.45) is 0 Å². The van der Waals surface area contributed by atoms with Crippen molar-refractivity contribution < 1.29 is 4.42 Å². The first kappa shape index (κ1) is 19.5. The van der Waals surface area contributed by atoms with Crippen LogP contribution in [0.3, 0.4) is 0 Å². The molecule has 0 fully saturated rings. The van der Waals surface area contributed by atoms with E-state index in [0.717, 1.165) is 49.7 Å². The van der Waals surface area contributed by atoms with Gasteiger partial charge in [-0.1, -0.05) is 103 Å². The molecule has 2 heteroatoms. The summed E-state index contributed by atoms with van der Waals surface area (Å²) in [5.41, 5.74) is 8.76. The maximum atomic E-state index is 6.75. The van der Waals surface area contributed by atoms with Gasteiger partial charge in [-0.15, -0.1) is 0 Å². The third-order valence-corrected chi connectivity index (χ3v) is 7.42. The lowest BCUT2D eigenvalue weighted by Crippen LogP contribution is -1.82. The quantitative estimate of drug-likeness (QED) is 0.274. The van der Waals surface area contributed by atoms with E-state index in [-0.39, 0.29) is 0 Å². The Bertz CT molecular complexity index is 2100. The first-order chi connectivity index (χ1) is 17.8. The van der Waals surface area contributed by atoms with Crippen LogP contribution in [-0.2, 0) is 0 Å². The Hall–Kier alpha value is -4.82. The summed E-state index contributed by atoms with van der Waals surface area (Å²) in [7, 11) is 0. The SMILES string of the molecule is c1ccc2c(-c3cccc4c3oc3c(-c5ccc6[nH]c7ccccc7c6c5)cccc34)cccc2c1. The van der Waals surface area contributed by atoms with Crippen LogP contribution in [0.4, 0.5) is 0 Å². The number of benzene rings is 6. The van der Waals surface area contributed by atoms with Gasteiger partial charge in [0, 0.05) is 43.7 Å². The van der Waals surface area contributed by atoms with Gasteiger partial charge in [-0.3, -0.25) is 0 Å². The topological polar surface area (TPSA) is 28.9 Å². The maximum Gasteiger partial charge on any atom is 0.143 e. The number of aromatic amines is 1. The van der Waals surface area contributed by atoms with Crippen molar-refractivity contribution in [3.8, 4) is 22.3 Å². The van der Waals surface area contributed by atoms with Crippen LogP contribution in [0.2, 0.25) is 0 Å². The van der Waals surface area contributed by atoms with Crippen molar-refractivity contribution >= 4 is 54.5 Å². The summed E-state index contributed by atoms with van der Waals surface area (Å²) in [4.78, 5) is 3.53. The molecule has 2 nitrogen and oxygen atoms in total. The minimum Gasteiger partial charge on any atom is -0.455 e. The molecule has 168 valence electrons. The molecular weight excluding hydrogens is 438 g/mol. The summed E-state index contributed by atoms with van der Waals surface area (Å²) in [5, 5.41) is 7.22. The Balaban J connectivity index is 1.40. The Labute approximate surface area is 207 Å². The van der Waals surface area contributed by atoms with Gasteiger partial charge in [0.2, 0.25) is 0 Å². The second-order valence-electron chi connectivity index (χ2n) is 9.42. The van der Waals surface area contributed by atoms with Crippen LogP contribution in [0.25, 0.3) is 76.8 Å². The molecule has 0 saturated heterocycles. The average molecular weight is 460 g/mol. The molecule has 0 spiro atoms. The Morgan fingerprint density at radius 2 is 1.03 bits per heavy atom. The van der Waals surface area contributed by atoms with Gasteiger partial charge >= 0.3 is 0 Å². The Morgan fingerprint density at radius 1 is 0.417 bits per heavy atom. The van der Waals surface area contributed by atoms with Gasteiger partial charge in [0.05, 0.1) is 0 Å². The summed E-state index contributed by atoms with van der Waals surface area (Å²) >= 11 is 0. The van der Waals surface area contributed by atoms with E-state index in [9.17, 15) is 0 Å². The van der Waals surface area contributed by atoms with E-state index in [4.69, 9.17) is 4.42 Å². The molecule has 0 unspecified atom stereocenters. The predicted molar refractivity (Wildman–Crippen MR) is 151 cm³/mol. The normalized spacial score (nSPS) is 11.9. The summed E-state index contributed by atoms with van der Waals surface area (Å²) < 4.78 is 6.75. The van der Waals surface area contributed by atoms with Gasteiger partial charge in [0.15, 0.2) is 0 Å². The summed E-state index contributed by atoms with van der Waals surface area (Å²) in [5.74, 6) is 0. The fraction of sp³-hybridized carbons (Fsp3) is 0. The minimum absolute atomic E-state index is 0.930. The minimum atomic E-state index is 0.930. The molecule has 0 saturated carbocycles. The molecule has 36 heavy (non-hydrogen) atoms. The molecule has 1 N–H and O–H groups in total. The van der Waals surface area contributed by atoms with E-state index in [1.54, 1.807) is 0 Å².